The summed E-state index contributed by atoms with van der Waals surface area (Å²) in [5.74, 6) is 0.748. The fourth-order valence-electron chi connectivity index (χ4n) is 1.51. The summed E-state index contributed by atoms with van der Waals surface area (Å²) in [5, 5.41) is 10.6. The minimum Gasteiger partial charge on any atom is -0.489 e. The van der Waals surface area contributed by atoms with E-state index in [4.69, 9.17) is 4.74 Å². The molecule has 72 valence electrons. The van der Waals surface area contributed by atoms with E-state index in [0.29, 0.717) is 6.61 Å². The minimum atomic E-state index is -0.393. The van der Waals surface area contributed by atoms with E-state index in [1.54, 1.807) is 0 Å². The highest BCUT2D eigenvalue weighted by Crippen LogP contribution is 2.31. The number of nitrogens with zero attached hydrogens (tertiary/aromatic N) is 1. The first-order valence-electron chi connectivity index (χ1n) is 4.27. The van der Waals surface area contributed by atoms with Crippen LogP contribution >= 0.6 is 0 Å². The Labute approximate surface area is 81.0 Å². The Morgan fingerprint density at radius 2 is 2.29 bits per heavy atom. The number of aryl methyl sites for hydroxylation is 1. The van der Waals surface area contributed by atoms with Crippen LogP contribution in [0.1, 0.15) is 11.1 Å². The highest BCUT2D eigenvalue weighted by molar-refractivity contribution is 5.65. The number of fused-ring (bicyclic) bond motifs is 1. The van der Waals surface area contributed by atoms with Crippen molar-refractivity contribution in [2.45, 2.75) is 6.92 Å². The molecule has 1 aromatic carbocycles. The maximum atomic E-state index is 10.6. The normalized spacial score (nSPS) is 13.2. The van der Waals surface area contributed by atoms with Crippen molar-refractivity contribution in [2.75, 3.05) is 6.61 Å². The van der Waals surface area contributed by atoms with Crippen molar-refractivity contribution in [3.05, 3.63) is 39.4 Å². The molecule has 0 bridgehead atoms. The van der Waals surface area contributed by atoms with Crippen molar-refractivity contribution in [3.63, 3.8) is 0 Å². The number of nitro groups is 1. The van der Waals surface area contributed by atoms with Crippen LogP contribution in [0.5, 0.6) is 5.75 Å². The molecular formula is C10H9NO3. The Kier molecular flexibility index (Phi) is 1.96. The number of ether oxygens (including phenoxy) is 1. The van der Waals surface area contributed by atoms with E-state index in [-0.39, 0.29) is 5.69 Å². The zero-order valence-electron chi connectivity index (χ0n) is 7.69. The second kappa shape index (κ2) is 3.14. The van der Waals surface area contributed by atoms with Gasteiger partial charge in [-0.2, -0.15) is 0 Å². The van der Waals surface area contributed by atoms with E-state index in [1.807, 2.05) is 19.1 Å². The minimum absolute atomic E-state index is 0.108. The van der Waals surface area contributed by atoms with Crippen LogP contribution in [0.25, 0.3) is 6.08 Å². The number of rotatable bonds is 1. The Morgan fingerprint density at radius 3 is 3.00 bits per heavy atom. The summed E-state index contributed by atoms with van der Waals surface area (Å²) in [6, 6.07) is 3.05. The first-order chi connectivity index (χ1) is 6.68. The van der Waals surface area contributed by atoms with Gasteiger partial charge in [0.15, 0.2) is 0 Å². The number of non-ortho nitro benzene ring substituents is 1. The highest BCUT2D eigenvalue weighted by atomic mass is 16.6. The van der Waals surface area contributed by atoms with Crippen LogP contribution in [0, 0.1) is 17.0 Å². The van der Waals surface area contributed by atoms with Crippen LogP contribution in [-0.2, 0) is 0 Å². The van der Waals surface area contributed by atoms with Crippen LogP contribution in [0.2, 0.25) is 0 Å². The molecule has 1 aliphatic rings. The van der Waals surface area contributed by atoms with Gasteiger partial charge in [0.25, 0.3) is 5.69 Å². The van der Waals surface area contributed by atoms with Gasteiger partial charge in [-0.25, -0.2) is 0 Å². The number of hydrogen-bond donors (Lipinski definition) is 0. The molecule has 1 aliphatic heterocycles. The van der Waals surface area contributed by atoms with Gasteiger partial charge in [-0.3, -0.25) is 10.1 Å². The van der Waals surface area contributed by atoms with Gasteiger partial charge in [0, 0.05) is 17.7 Å². The fraction of sp³-hybridized carbons (Fsp3) is 0.200. The second-order valence-electron chi connectivity index (χ2n) is 3.15. The first-order valence-corrected chi connectivity index (χ1v) is 4.27. The maximum Gasteiger partial charge on any atom is 0.270 e. The third-order valence-electron chi connectivity index (χ3n) is 2.12. The summed E-state index contributed by atoms with van der Waals surface area (Å²) in [6.45, 7) is 2.34. The van der Waals surface area contributed by atoms with Gasteiger partial charge >= 0.3 is 0 Å². The topological polar surface area (TPSA) is 52.4 Å². The molecule has 0 atom stereocenters. The van der Waals surface area contributed by atoms with Gasteiger partial charge in [0.2, 0.25) is 0 Å². The molecule has 4 heteroatoms. The molecule has 0 amide bonds. The van der Waals surface area contributed by atoms with E-state index in [2.05, 4.69) is 0 Å². The smallest absolute Gasteiger partial charge is 0.270 e. The first kappa shape index (κ1) is 8.74. The maximum absolute atomic E-state index is 10.6. The molecular weight excluding hydrogens is 182 g/mol. The summed E-state index contributed by atoms with van der Waals surface area (Å²) < 4.78 is 5.38. The van der Waals surface area contributed by atoms with Gasteiger partial charge in [-0.15, -0.1) is 0 Å². The molecule has 0 spiro atoms. The molecule has 0 radical (unpaired) electrons. The van der Waals surface area contributed by atoms with Crippen molar-refractivity contribution in [1.29, 1.82) is 0 Å². The zero-order valence-corrected chi connectivity index (χ0v) is 7.69. The third-order valence-corrected chi connectivity index (χ3v) is 2.12. The molecule has 4 nitrogen and oxygen atoms in total. The van der Waals surface area contributed by atoms with E-state index in [1.165, 1.54) is 12.1 Å². The Balaban J connectivity index is 2.59. The van der Waals surface area contributed by atoms with Crippen LogP contribution < -0.4 is 4.74 Å². The van der Waals surface area contributed by atoms with E-state index < -0.39 is 4.92 Å². The second-order valence-corrected chi connectivity index (χ2v) is 3.15. The molecule has 0 fully saturated rings. The highest BCUT2D eigenvalue weighted by Gasteiger charge is 2.15. The van der Waals surface area contributed by atoms with Crippen molar-refractivity contribution in [3.8, 4) is 5.75 Å². The van der Waals surface area contributed by atoms with Crippen molar-refractivity contribution >= 4 is 11.8 Å². The number of hydrogen-bond acceptors (Lipinski definition) is 3. The summed E-state index contributed by atoms with van der Waals surface area (Å²) in [4.78, 5) is 10.2. The van der Waals surface area contributed by atoms with E-state index in [0.717, 1.165) is 16.9 Å². The molecule has 0 N–H and O–H groups in total. The molecule has 0 aromatic heterocycles. The van der Waals surface area contributed by atoms with Gasteiger partial charge < -0.3 is 4.74 Å². The van der Waals surface area contributed by atoms with Crippen LogP contribution in [-0.4, -0.2) is 11.5 Å². The standard InChI is InChI=1S/C10H9NO3/c1-7-5-9(11(12)13)6-8-3-2-4-14-10(7)8/h2-3,5-6H,4H2,1H3. The molecule has 0 saturated carbocycles. The average molecular weight is 191 g/mol. The predicted molar refractivity (Wildman–Crippen MR) is 52.4 cm³/mol. The van der Waals surface area contributed by atoms with Gasteiger partial charge in [-0.1, -0.05) is 6.08 Å². The molecule has 1 aromatic rings. The monoisotopic (exact) mass is 191 g/mol. The summed E-state index contributed by atoms with van der Waals surface area (Å²) >= 11 is 0. The SMILES string of the molecule is Cc1cc([N+](=O)[O-])cc2c1OCC=C2. The lowest BCUT2D eigenvalue weighted by Gasteiger charge is -2.14. The summed E-state index contributed by atoms with van der Waals surface area (Å²) in [6.07, 6.45) is 3.68. The van der Waals surface area contributed by atoms with Gasteiger partial charge in [0.1, 0.15) is 12.4 Å². The van der Waals surface area contributed by atoms with E-state index >= 15 is 0 Å². The summed E-state index contributed by atoms with van der Waals surface area (Å²) in [7, 11) is 0. The largest absolute Gasteiger partial charge is 0.489 e. The van der Waals surface area contributed by atoms with Crippen molar-refractivity contribution in [2.24, 2.45) is 0 Å². The third kappa shape index (κ3) is 1.35. The van der Waals surface area contributed by atoms with Crippen molar-refractivity contribution < 1.29 is 9.66 Å². The molecule has 0 aliphatic carbocycles. The fourth-order valence-corrected chi connectivity index (χ4v) is 1.51. The molecule has 1 heterocycles. The molecule has 2 rings (SSSR count). The van der Waals surface area contributed by atoms with Crippen LogP contribution in [0.4, 0.5) is 5.69 Å². The summed E-state index contributed by atoms with van der Waals surface area (Å²) in [5.41, 5.74) is 1.69. The van der Waals surface area contributed by atoms with Crippen LogP contribution in [0.3, 0.4) is 0 Å². The molecule has 14 heavy (non-hydrogen) atoms. The van der Waals surface area contributed by atoms with Gasteiger partial charge in [-0.05, 0) is 18.6 Å². The van der Waals surface area contributed by atoms with Crippen LogP contribution in [0.15, 0.2) is 18.2 Å². The van der Waals surface area contributed by atoms with Crippen molar-refractivity contribution in [1.82, 2.24) is 0 Å². The number of benzene rings is 1. The average Bonchev–Trinajstić information content (AvgIpc) is 2.17. The van der Waals surface area contributed by atoms with Gasteiger partial charge in [0.05, 0.1) is 4.92 Å². The zero-order chi connectivity index (χ0) is 10.1. The Bertz CT molecular complexity index is 424. The lowest BCUT2D eigenvalue weighted by Crippen LogP contribution is -2.03. The van der Waals surface area contributed by atoms with E-state index in [9.17, 15) is 10.1 Å². The lowest BCUT2D eigenvalue weighted by molar-refractivity contribution is -0.384. The molecule has 0 unspecified atom stereocenters. The molecule has 0 saturated heterocycles. The lowest BCUT2D eigenvalue weighted by atomic mass is 10.1. The Hall–Kier alpha value is -1.84. The quantitative estimate of drug-likeness (QED) is 0.505. The number of nitro benzene ring substituents is 1. The Morgan fingerprint density at radius 1 is 1.50 bits per heavy atom. The predicted octanol–water partition coefficient (Wildman–Crippen LogP) is 2.31.